The molecule has 0 saturated carbocycles. The maximum atomic E-state index is 12.6. The van der Waals surface area contributed by atoms with E-state index in [9.17, 15) is 16.8 Å². The van der Waals surface area contributed by atoms with Gasteiger partial charge in [-0.25, -0.2) is 16.8 Å². The van der Waals surface area contributed by atoms with Crippen LogP contribution in [0.15, 0.2) is 52.3 Å². The molecule has 0 radical (unpaired) electrons. The van der Waals surface area contributed by atoms with Crippen molar-refractivity contribution in [1.29, 1.82) is 0 Å². The Bertz CT molecular complexity index is 1010. The first-order valence-electron chi connectivity index (χ1n) is 8.28. The average molecular weight is 449 g/mol. The Morgan fingerprint density at radius 2 is 1.33 bits per heavy atom. The maximum Gasteiger partial charge on any atom is 0.261 e. The summed E-state index contributed by atoms with van der Waals surface area (Å²) in [7, 11) is -7.47. The fourth-order valence-electron chi connectivity index (χ4n) is 2.85. The van der Waals surface area contributed by atoms with Gasteiger partial charge in [-0.05, 0) is 55.3 Å². The molecule has 1 saturated heterocycles. The molecule has 0 spiro atoms. The SMILES string of the molecule is O=S(=O)(Nc1ccc(S(=O)(=O)N2CCCCC2)cc1)c1cc(Cl)cc(Cl)c1. The first kappa shape index (κ1) is 20.4. The van der Waals surface area contributed by atoms with E-state index in [1.54, 1.807) is 0 Å². The number of benzene rings is 2. The van der Waals surface area contributed by atoms with Crippen LogP contribution >= 0.6 is 23.2 Å². The number of nitrogens with zero attached hydrogens (tertiary/aromatic N) is 1. The summed E-state index contributed by atoms with van der Waals surface area (Å²) in [5.41, 5.74) is 0.240. The molecule has 1 aliphatic heterocycles. The normalized spacial score (nSPS) is 16.2. The van der Waals surface area contributed by atoms with E-state index in [4.69, 9.17) is 23.2 Å². The average Bonchev–Trinajstić information content (AvgIpc) is 2.62. The van der Waals surface area contributed by atoms with Gasteiger partial charge in [0.25, 0.3) is 10.0 Å². The molecule has 1 heterocycles. The molecule has 146 valence electrons. The smallest absolute Gasteiger partial charge is 0.261 e. The monoisotopic (exact) mass is 448 g/mol. The largest absolute Gasteiger partial charge is 0.280 e. The number of sulfonamides is 2. The molecule has 2 aromatic rings. The van der Waals surface area contributed by atoms with Crippen LogP contribution in [0.5, 0.6) is 0 Å². The fourth-order valence-corrected chi connectivity index (χ4v) is 6.15. The van der Waals surface area contributed by atoms with E-state index in [1.165, 1.54) is 46.8 Å². The fraction of sp³-hybridized carbons (Fsp3) is 0.294. The molecule has 27 heavy (non-hydrogen) atoms. The predicted octanol–water partition coefficient (Wildman–Crippen LogP) is 3.97. The summed E-state index contributed by atoms with van der Waals surface area (Å²) in [5.74, 6) is 0. The van der Waals surface area contributed by atoms with Crippen molar-refractivity contribution in [2.75, 3.05) is 17.8 Å². The number of halogens is 2. The second-order valence-electron chi connectivity index (χ2n) is 6.20. The van der Waals surface area contributed by atoms with Crippen molar-refractivity contribution in [2.24, 2.45) is 0 Å². The lowest BCUT2D eigenvalue weighted by molar-refractivity contribution is 0.346. The van der Waals surface area contributed by atoms with E-state index in [2.05, 4.69) is 4.72 Å². The van der Waals surface area contributed by atoms with Gasteiger partial charge in [0.1, 0.15) is 0 Å². The van der Waals surface area contributed by atoms with Crippen LogP contribution in [0, 0.1) is 0 Å². The molecular weight excluding hydrogens is 431 g/mol. The number of rotatable bonds is 5. The van der Waals surface area contributed by atoms with Crippen molar-refractivity contribution in [3.05, 3.63) is 52.5 Å². The van der Waals surface area contributed by atoms with Gasteiger partial charge in [0.2, 0.25) is 10.0 Å². The lowest BCUT2D eigenvalue weighted by Crippen LogP contribution is -2.35. The van der Waals surface area contributed by atoms with Crippen LogP contribution in [0.3, 0.4) is 0 Å². The minimum absolute atomic E-state index is 0.0787. The van der Waals surface area contributed by atoms with Gasteiger partial charge >= 0.3 is 0 Å². The van der Waals surface area contributed by atoms with Crippen LogP contribution in [-0.4, -0.2) is 34.2 Å². The van der Waals surface area contributed by atoms with Gasteiger partial charge in [0.05, 0.1) is 9.79 Å². The van der Waals surface area contributed by atoms with Gasteiger partial charge < -0.3 is 0 Å². The molecule has 1 aliphatic rings. The molecule has 0 atom stereocenters. The van der Waals surface area contributed by atoms with Crippen molar-refractivity contribution in [3.63, 3.8) is 0 Å². The van der Waals surface area contributed by atoms with Gasteiger partial charge in [-0.15, -0.1) is 0 Å². The molecule has 0 aromatic heterocycles. The molecule has 1 N–H and O–H groups in total. The highest BCUT2D eigenvalue weighted by Gasteiger charge is 2.26. The predicted molar refractivity (Wildman–Crippen MR) is 106 cm³/mol. The Morgan fingerprint density at radius 1 is 0.778 bits per heavy atom. The molecule has 0 bridgehead atoms. The lowest BCUT2D eigenvalue weighted by Gasteiger charge is -2.25. The second kappa shape index (κ2) is 7.97. The van der Waals surface area contributed by atoms with Crippen molar-refractivity contribution in [2.45, 2.75) is 29.1 Å². The zero-order chi connectivity index (χ0) is 19.7. The zero-order valence-corrected chi connectivity index (χ0v) is 17.4. The number of hydrogen-bond donors (Lipinski definition) is 1. The van der Waals surface area contributed by atoms with Crippen molar-refractivity contribution >= 4 is 48.9 Å². The summed E-state index contributed by atoms with van der Waals surface area (Å²) in [6, 6.07) is 9.62. The van der Waals surface area contributed by atoms with Crippen molar-refractivity contribution in [3.8, 4) is 0 Å². The van der Waals surface area contributed by atoms with E-state index in [1.807, 2.05) is 0 Å². The third-order valence-corrected chi connectivity index (χ3v) is 7.92. The standard InChI is InChI=1S/C17H18Cl2N2O4S2/c18-13-10-14(19)12-17(11-13)26(22,23)20-15-4-6-16(7-5-15)27(24,25)21-8-2-1-3-9-21/h4-7,10-12,20H,1-3,8-9H2. The van der Waals surface area contributed by atoms with Gasteiger partial charge in [0.15, 0.2) is 0 Å². The molecule has 3 rings (SSSR count). The van der Waals surface area contributed by atoms with Crippen LogP contribution in [0.4, 0.5) is 5.69 Å². The highest BCUT2D eigenvalue weighted by atomic mass is 35.5. The molecule has 0 unspecified atom stereocenters. The molecule has 0 aliphatic carbocycles. The maximum absolute atomic E-state index is 12.6. The molecule has 10 heteroatoms. The molecule has 6 nitrogen and oxygen atoms in total. The number of hydrogen-bond acceptors (Lipinski definition) is 4. The minimum atomic E-state index is -3.91. The lowest BCUT2D eigenvalue weighted by atomic mass is 10.2. The summed E-state index contributed by atoms with van der Waals surface area (Å²) in [4.78, 5) is 0.0585. The second-order valence-corrected chi connectivity index (χ2v) is 10.7. The van der Waals surface area contributed by atoms with Crippen LogP contribution in [0.25, 0.3) is 0 Å². The molecule has 2 aromatic carbocycles. The Morgan fingerprint density at radius 3 is 1.89 bits per heavy atom. The highest BCUT2D eigenvalue weighted by Crippen LogP contribution is 2.26. The Labute approximate surface area is 169 Å². The van der Waals surface area contributed by atoms with Crippen molar-refractivity contribution in [1.82, 2.24) is 4.31 Å². The van der Waals surface area contributed by atoms with Gasteiger partial charge in [-0.1, -0.05) is 29.6 Å². The first-order valence-corrected chi connectivity index (χ1v) is 12.0. The summed E-state index contributed by atoms with van der Waals surface area (Å²) in [5, 5.41) is 0.400. The van der Waals surface area contributed by atoms with Crippen LogP contribution in [-0.2, 0) is 20.0 Å². The molecule has 0 amide bonds. The quantitative estimate of drug-likeness (QED) is 0.749. The van der Waals surface area contributed by atoms with Gasteiger partial charge in [-0.2, -0.15) is 4.31 Å². The summed E-state index contributed by atoms with van der Waals surface area (Å²) in [6.07, 6.45) is 2.72. The molecule has 1 fully saturated rings. The van der Waals surface area contributed by atoms with E-state index >= 15 is 0 Å². The Hall–Kier alpha value is -1.32. The first-order chi connectivity index (χ1) is 12.7. The number of nitrogens with one attached hydrogen (secondary N) is 1. The third kappa shape index (κ3) is 4.75. The van der Waals surface area contributed by atoms with Crippen LogP contribution in [0.2, 0.25) is 10.0 Å². The summed E-state index contributed by atoms with van der Waals surface area (Å²) in [6.45, 7) is 1.01. The van der Waals surface area contributed by atoms with Gasteiger partial charge in [0, 0.05) is 28.8 Å². The van der Waals surface area contributed by atoms with Gasteiger partial charge in [-0.3, -0.25) is 4.72 Å². The van der Waals surface area contributed by atoms with Crippen LogP contribution < -0.4 is 4.72 Å². The summed E-state index contributed by atoms with van der Waals surface area (Å²) < 4.78 is 54.1. The zero-order valence-electron chi connectivity index (χ0n) is 14.2. The van der Waals surface area contributed by atoms with E-state index in [0.29, 0.717) is 13.1 Å². The number of piperidine rings is 1. The molecular formula is C17H18Cl2N2O4S2. The Balaban J connectivity index is 1.81. The third-order valence-electron chi connectivity index (χ3n) is 4.21. The highest BCUT2D eigenvalue weighted by molar-refractivity contribution is 7.92. The van der Waals surface area contributed by atoms with E-state index < -0.39 is 20.0 Å². The van der Waals surface area contributed by atoms with E-state index in [-0.39, 0.29) is 25.5 Å². The Kier molecular flexibility index (Phi) is 6.02. The number of anilines is 1. The van der Waals surface area contributed by atoms with E-state index in [0.717, 1.165) is 19.3 Å². The summed E-state index contributed by atoms with van der Waals surface area (Å²) >= 11 is 11.7. The topological polar surface area (TPSA) is 83.5 Å². The minimum Gasteiger partial charge on any atom is -0.280 e. The van der Waals surface area contributed by atoms with Crippen LogP contribution in [0.1, 0.15) is 19.3 Å². The van der Waals surface area contributed by atoms with Crippen molar-refractivity contribution < 1.29 is 16.8 Å².